The van der Waals surface area contributed by atoms with Crippen molar-refractivity contribution >= 4 is 16.3 Å². The molecule has 0 saturated carbocycles. The summed E-state index contributed by atoms with van der Waals surface area (Å²) < 4.78 is 1.63. The van der Waals surface area contributed by atoms with Crippen LogP contribution in [-0.2, 0) is 0 Å². The highest BCUT2D eigenvalue weighted by Gasteiger charge is 2.06. The molecule has 6 heteroatoms. The maximum atomic E-state index is 9.16. The van der Waals surface area contributed by atoms with Gasteiger partial charge in [-0.15, -0.1) is 10.2 Å². The molecule has 0 unspecified atom stereocenters. The van der Waals surface area contributed by atoms with Crippen molar-refractivity contribution in [3.05, 3.63) is 30.6 Å². The summed E-state index contributed by atoms with van der Waals surface area (Å²) in [5.41, 5.74) is 0.961. The highest BCUT2D eigenvalue weighted by molar-refractivity contribution is 7.19. The molecule has 0 aliphatic heterocycles. The zero-order chi connectivity index (χ0) is 10.3. The van der Waals surface area contributed by atoms with Crippen LogP contribution in [0.2, 0.25) is 0 Å². The van der Waals surface area contributed by atoms with E-state index in [2.05, 4.69) is 15.3 Å². The van der Waals surface area contributed by atoms with Crippen molar-refractivity contribution < 1.29 is 5.11 Å². The number of fused-ring (bicyclic) bond motifs is 1. The number of benzene rings is 1. The number of aromatic nitrogens is 4. The third-order valence-electron chi connectivity index (χ3n) is 2.00. The molecule has 0 saturated heterocycles. The predicted molar refractivity (Wildman–Crippen MR) is 55.8 cm³/mol. The second-order valence-electron chi connectivity index (χ2n) is 3.01. The number of rotatable bonds is 1. The third kappa shape index (κ3) is 1.35. The molecule has 0 atom stereocenters. The fourth-order valence-corrected chi connectivity index (χ4v) is 2.11. The lowest BCUT2D eigenvalue weighted by Crippen LogP contribution is -1.81. The Kier molecular flexibility index (Phi) is 1.69. The Morgan fingerprint density at radius 2 is 2.00 bits per heavy atom. The number of aromatic hydroxyl groups is 1. The summed E-state index contributed by atoms with van der Waals surface area (Å²) in [4.78, 5) is 0.762. The molecule has 2 heterocycles. The quantitative estimate of drug-likeness (QED) is 0.673. The van der Waals surface area contributed by atoms with E-state index in [9.17, 15) is 0 Å². The largest absolute Gasteiger partial charge is 0.508 e. The maximum Gasteiger partial charge on any atom is 0.234 e. The molecule has 5 nitrogen and oxygen atoms in total. The zero-order valence-electron chi connectivity index (χ0n) is 7.53. The van der Waals surface area contributed by atoms with Crippen LogP contribution in [-0.4, -0.2) is 24.9 Å². The lowest BCUT2D eigenvalue weighted by Gasteiger charge is -1.94. The van der Waals surface area contributed by atoms with Crippen LogP contribution in [0.1, 0.15) is 0 Å². The van der Waals surface area contributed by atoms with Crippen LogP contribution in [0, 0.1) is 0 Å². The van der Waals surface area contributed by atoms with Gasteiger partial charge in [0, 0.05) is 5.56 Å². The second-order valence-corrected chi connectivity index (χ2v) is 3.97. The topological polar surface area (TPSA) is 63.3 Å². The normalized spacial score (nSPS) is 10.9. The molecule has 2 aromatic heterocycles. The molecular formula is C9H6N4OS. The fraction of sp³-hybridized carbons (Fsp3) is 0. The Balaban J connectivity index is 2.13. The Bertz CT molecular complexity index is 569. The van der Waals surface area contributed by atoms with Crippen molar-refractivity contribution in [2.75, 3.05) is 0 Å². The van der Waals surface area contributed by atoms with E-state index in [-0.39, 0.29) is 5.75 Å². The van der Waals surface area contributed by atoms with Crippen LogP contribution in [0.5, 0.6) is 5.75 Å². The molecule has 0 bridgehead atoms. The molecule has 0 radical (unpaired) electrons. The summed E-state index contributed by atoms with van der Waals surface area (Å²) in [6.45, 7) is 0. The van der Waals surface area contributed by atoms with E-state index in [1.54, 1.807) is 23.0 Å². The predicted octanol–water partition coefficient (Wildman–Crippen LogP) is 1.56. The van der Waals surface area contributed by atoms with Gasteiger partial charge in [-0.25, -0.2) is 0 Å². The van der Waals surface area contributed by atoms with Gasteiger partial charge < -0.3 is 5.11 Å². The van der Waals surface area contributed by atoms with E-state index in [0.29, 0.717) is 0 Å². The van der Waals surface area contributed by atoms with Gasteiger partial charge in [-0.1, -0.05) is 11.3 Å². The van der Waals surface area contributed by atoms with Gasteiger partial charge in [0.2, 0.25) is 4.96 Å². The molecule has 15 heavy (non-hydrogen) atoms. The highest BCUT2D eigenvalue weighted by Crippen LogP contribution is 2.25. The van der Waals surface area contributed by atoms with E-state index in [1.807, 2.05) is 12.1 Å². The second kappa shape index (κ2) is 3.03. The van der Waals surface area contributed by atoms with Gasteiger partial charge in [0.1, 0.15) is 17.1 Å². The molecule has 1 N–H and O–H groups in total. The zero-order valence-corrected chi connectivity index (χ0v) is 8.35. The van der Waals surface area contributed by atoms with Gasteiger partial charge in [0.05, 0.1) is 0 Å². The lowest BCUT2D eigenvalue weighted by molar-refractivity contribution is 0.475. The molecule has 0 spiro atoms. The van der Waals surface area contributed by atoms with Crippen molar-refractivity contribution in [3.8, 4) is 16.3 Å². The summed E-state index contributed by atoms with van der Waals surface area (Å²) in [7, 11) is 0. The number of phenols is 1. The van der Waals surface area contributed by atoms with Crippen LogP contribution < -0.4 is 0 Å². The van der Waals surface area contributed by atoms with Crippen LogP contribution in [0.4, 0.5) is 0 Å². The van der Waals surface area contributed by atoms with Crippen molar-refractivity contribution in [3.63, 3.8) is 0 Å². The molecule has 0 fully saturated rings. The Hall–Kier alpha value is -1.95. The minimum absolute atomic E-state index is 0.252. The Morgan fingerprint density at radius 3 is 2.73 bits per heavy atom. The number of hydrogen-bond acceptors (Lipinski definition) is 5. The minimum atomic E-state index is 0.252. The van der Waals surface area contributed by atoms with E-state index in [4.69, 9.17) is 5.11 Å². The van der Waals surface area contributed by atoms with E-state index in [1.165, 1.54) is 11.3 Å². The first-order valence-corrected chi connectivity index (χ1v) is 5.11. The first kappa shape index (κ1) is 8.37. The van der Waals surface area contributed by atoms with Crippen LogP contribution >= 0.6 is 11.3 Å². The van der Waals surface area contributed by atoms with Gasteiger partial charge in [0.25, 0.3) is 0 Å². The Morgan fingerprint density at radius 1 is 1.20 bits per heavy atom. The number of phenolic OH excluding ortho intramolecular Hbond substituents is 1. The van der Waals surface area contributed by atoms with Crippen LogP contribution in [0.3, 0.4) is 0 Å². The summed E-state index contributed by atoms with van der Waals surface area (Å²) in [5.74, 6) is 0.252. The number of nitrogens with zero attached hydrogens (tertiary/aromatic N) is 4. The number of hydrogen-bond donors (Lipinski definition) is 1. The monoisotopic (exact) mass is 218 g/mol. The summed E-state index contributed by atoms with van der Waals surface area (Å²) in [6.07, 6.45) is 1.57. The van der Waals surface area contributed by atoms with E-state index in [0.717, 1.165) is 15.5 Å². The summed E-state index contributed by atoms with van der Waals surface area (Å²) >= 11 is 1.46. The molecule has 3 aromatic rings. The van der Waals surface area contributed by atoms with Gasteiger partial charge in [-0.3, -0.25) is 0 Å². The molecular weight excluding hydrogens is 212 g/mol. The third-order valence-corrected chi connectivity index (χ3v) is 2.96. The SMILES string of the molecule is Oc1ccc(-c2nn3cnnc3s2)cc1. The summed E-state index contributed by atoms with van der Waals surface area (Å²) in [5, 5.41) is 22.0. The summed E-state index contributed by atoms with van der Waals surface area (Å²) in [6, 6.07) is 6.91. The first-order chi connectivity index (χ1) is 7.33. The van der Waals surface area contributed by atoms with E-state index >= 15 is 0 Å². The van der Waals surface area contributed by atoms with E-state index < -0.39 is 0 Å². The Labute approximate surface area is 88.6 Å². The lowest BCUT2D eigenvalue weighted by atomic mass is 10.2. The van der Waals surface area contributed by atoms with Gasteiger partial charge >= 0.3 is 0 Å². The molecule has 0 aliphatic carbocycles. The molecule has 0 aliphatic rings. The molecule has 0 amide bonds. The van der Waals surface area contributed by atoms with Crippen LogP contribution in [0.25, 0.3) is 15.5 Å². The highest BCUT2D eigenvalue weighted by atomic mass is 32.1. The van der Waals surface area contributed by atoms with Gasteiger partial charge in [-0.2, -0.15) is 9.61 Å². The van der Waals surface area contributed by atoms with Gasteiger partial charge in [0.15, 0.2) is 0 Å². The van der Waals surface area contributed by atoms with Crippen LogP contribution in [0.15, 0.2) is 30.6 Å². The van der Waals surface area contributed by atoms with Crippen molar-refractivity contribution in [1.82, 2.24) is 19.8 Å². The standard InChI is InChI=1S/C9H6N4OS/c14-7-3-1-6(2-4-7)8-12-13-5-10-11-9(13)15-8/h1-5,14H. The average molecular weight is 218 g/mol. The van der Waals surface area contributed by atoms with Gasteiger partial charge in [-0.05, 0) is 24.3 Å². The average Bonchev–Trinajstić information content (AvgIpc) is 2.78. The van der Waals surface area contributed by atoms with Crippen molar-refractivity contribution in [1.29, 1.82) is 0 Å². The minimum Gasteiger partial charge on any atom is -0.508 e. The smallest absolute Gasteiger partial charge is 0.234 e. The molecule has 3 rings (SSSR count). The fourth-order valence-electron chi connectivity index (χ4n) is 1.28. The first-order valence-electron chi connectivity index (χ1n) is 4.29. The maximum absolute atomic E-state index is 9.16. The van der Waals surface area contributed by atoms with Crippen molar-refractivity contribution in [2.24, 2.45) is 0 Å². The molecule has 74 valence electrons. The molecule has 1 aromatic carbocycles. The van der Waals surface area contributed by atoms with Crippen molar-refractivity contribution in [2.45, 2.75) is 0 Å².